The van der Waals surface area contributed by atoms with Gasteiger partial charge in [0, 0.05) is 0 Å². The monoisotopic (exact) mass is 80.0 g/mol. The van der Waals surface area contributed by atoms with E-state index in [1.165, 1.54) is 5.46 Å². The van der Waals surface area contributed by atoms with Crippen LogP contribution in [-0.2, 0) is 0 Å². The lowest BCUT2D eigenvalue weighted by molar-refractivity contribution is 0.569. The Balaban J connectivity index is 3.05. The molecule has 0 radical (unpaired) electrons. The van der Waals surface area contributed by atoms with Gasteiger partial charge in [-0.1, -0.05) is 5.46 Å². The molecule has 0 aliphatic rings. The van der Waals surface area contributed by atoms with Gasteiger partial charge in [-0.15, -0.1) is 0 Å². The second-order valence-electron chi connectivity index (χ2n) is 1.30. The maximum absolute atomic E-state index is 4.71. The lowest BCUT2D eigenvalue weighted by Crippen LogP contribution is -1.92. The number of furan rings is 1. The van der Waals surface area contributed by atoms with Gasteiger partial charge in [0.2, 0.25) is 0 Å². The summed E-state index contributed by atoms with van der Waals surface area (Å²) in [5, 5.41) is 0. The summed E-state index contributed by atoms with van der Waals surface area (Å²) in [7, 11) is 1.99. The first-order chi connectivity index (χ1) is 2.89. The van der Waals surface area contributed by atoms with E-state index in [0.717, 1.165) is 0 Å². The lowest BCUT2D eigenvalue weighted by atomic mass is 10.0. The molecule has 0 aromatic carbocycles. The molecule has 0 amide bonds. The average Bonchev–Trinajstić information content (AvgIpc) is 1.86. The average molecular weight is 79.9 g/mol. The highest BCUT2D eigenvalue weighted by molar-refractivity contribution is 6.31. The third-order valence-corrected chi connectivity index (χ3v) is 0.663. The minimum Gasteiger partial charge on any atom is -0.473 e. The molecule has 0 saturated heterocycles. The van der Waals surface area contributed by atoms with Crippen molar-refractivity contribution in [2.75, 3.05) is 0 Å². The van der Waals surface area contributed by atoms with E-state index in [1.54, 1.807) is 12.5 Å². The summed E-state index contributed by atoms with van der Waals surface area (Å²) in [6, 6.07) is 1.92. The van der Waals surface area contributed by atoms with Crippen molar-refractivity contribution in [1.29, 1.82) is 0 Å². The van der Waals surface area contributed by atoms with Crippen LogP contribution in [-0.4, -0.2) is 7.85 Å². The third kappa shape index (κ3) is 0.457. The molecule has 1 nitrogen and oxygen atoms in total. The van der Waals surface area contributed by atoms with Crippen molar-refractivity contribution in [2.45, 2.75) is 0 Å². The van der Waals surface area contributed by atoms with Crippen molar-refractivity contribution >= 4 is 13.3 Å². The molecular weight excluding hydrogens is 74.9 g/mol. The first-order valence-electron chi connectivity index (χ1n) is 1.88. The lowest BCUT2D eigenvalue weighted by Gasteiger charge is -1.62. The van der Waals surface area contributed by atoms with Crippen LogP contribution in [0.1, 0.15) is 0 Å². The summed E-state index contributed by atoms with van der Waals surface area (Å²) in [6.07, 6.45) is 3.37. The summed E-state index contributed by atoms with van der Waals surface area (Å²) >= 11 is 0. The van der Waals surface area contributed by atoms with Gasteiger partial charge in [-0.3, -0.25) is 0 Å². The fourth-order valence-corrected chi connectivity index (χ4v) is 0.333. The van der Waals surface area contributed by atoms with Crippen molar-refractivity contribution in [1.82, 2.24) is 0 Å². The number of hydrogen-bond acceptors (Lipinski definition) is 1. The smallest absolute Gasteiger partial charge is 0.143 e. The molecule has 0 aliphatic carbocycles. The van der Waals surface area contributed by atoms with Crippen molar-refractivity contribution < 1.29 is 4.42 Å². The van der Waals surface area contributed by atoms with Crippen LogP contribution in [0.5, 0.6) is 0 Å². The van der Waals surface area contributed by atoms with E-state index in [9.17, 15) is 0 Å². The molecule has 0 fully saturated rings. The third-order valence-electron chi connectivity index (χ3n) is 0.663. The Morgan fingerprint density at radius 3 is 2.67 bits per heavy atom. The second-order valence-corrected chi connectivity index (χ2v) is 1.30. The normalized spacial score (nSPS) is 8.67. The van der Waals surface area contributed by atoms with Gasteiger partial charge in [0.1, 0.15) is 7.85 Å². The van der Waals surface area contributed by atoms with E-state index in [0.29, 0.717) is 0 Å². The topological polar surface area (TPSA) is 13.1 Å². The quantitative estimate of drug-likeness (QED) is 0.384. The summed E-state index contributed by atoms with van der Waals surface area (Å²) in [4.78, 5) is 0. The van der Waals surface area contributed by atoms with Crippen molar-refractivity contribution in [3.63, 3.8) is 0 Å². The number of rotatable bonds is 0. The van der Waals surface area contributed by atoms with E-state index in [2.05, 4.69) is 0 Å². The van der Waals surface area contributed by atoms with Crippen LogP contribution < -0.4 is 5.46 Å². The number of hydrogen-bond donors (Lipinski definition) is 0. The van der Waals surface area contributed by atoms with Gasteiger partial charge in [0.15, 0.2) is 0 Å². The molecule has 0 bridgehead atoms. The van der Waals surface area contributed by atoms with Gasteiger partial charge >= 0.3 is 0 Å². The van der Waals surface area contributed by atoms with Crippen molar-refractivity contribution in [3.05, 3.63) is 18.6 Å². The highest BCUT2D eigenvalue weighted by Crippen LogP contribution is 1.75. The van der Waals surface area contributed by atoms with Gasteiger partial charge in [0.25, 0.3) is 0 Å². The Bertz CT molecular complexity index is 111. The highest BCUT2D eigenvalue weighted by Gasteiger charge is 1.76. The van der Waals surface area contributed by atoms with E-state index < -0.39 is 0 Å². The minimum atomic E-state index is 1.18. The second kappa shape index (κ2) is 1.21. The molecule has 0 saturated carbocycles. The van der Waals surface area contributed by atoms with Crippen molar-refractivity contribution in [3.8, 4) is 0 Å². The van der Waals surface area contributed by atoms with Crippen LogP contribution >= 0.6 is 0 Å². The summed E-state index contributed by atoms with van der Waals surface area (Å²) in [5.41, 5.74) is 1.18. The Labute approximate surface area is 37.4 Å². The van der Waals surface area contributed by atoms with E-state index >= 15 is 0 Å². The molecular formula is C4H5BO. The van der Waals surface area contributed by atoms with Crippen LogP contribution in [0.25, 0.3) is 0 Å². The molecule has 0 unspecified atom stereocenters. The molecule has 0 atom stereocenters. The van der Waals surface area contributed by atoms with Gasteiger partial charge in [-0.2, -0.15) is 0 Å². The molecule has 0 aliphatic heterocycles. The first-order valence-corrected chi connectivity index (χ1v) is 1.88. The van der Waals surface area contributed by atoms with Gasteiger partial charge in [0.05, 0.1) is 12.5 Å². The van der Waals surface area contributed by atoms with Crippen LogP contribution in [0.15, 0.2) is 23.0 Å². The van der Waals surface area contributed by atoms with Gasteiger partial charge < -0.3 is 4.42 Å². The van der Waals surface area contributed by atoms with Crippen molar-refractivity contribution in [2.24, 2.45) is 0 Å². The summed E-state index contributed by atoms with van der Waals surface area (Å²) in [6.45, 7) is 0. The Hall–Kier alpha value is -0.655. The fourth-order valence-electron chi connectivity index (χ4n) is 0.333. The van der Waals surface area contributed by atoms with Gasteiger partial charge in [-0.25, -0.2) is 0 Å². The predicted octanol–water partition coefficient (Wildman–Crippen LogP) is -0.462. The fraction of sp³-hybridized carbons (Fsp3) is 0. The molecule has 1 aromatic heterocycles. The van der Waals surface area contributed by atoms with Crippen LogP contribution in [0.4, 0.5) is 0 Å². The molecule has 30 valence electrons. The van der Waals surface area contributed by atoms with E-state index in [1.807, 2.05) is 13.9 Å². The summed E-state index contributed by atoms with van der Waals surface area (Å²) in [5.74, 6) is 0. The highest BCUT2D eigenvalue weighted by atomic mass is 16.3. The van der Waals surface area contributed by atoms with E-state index in [-0.39, 0.29) is 0 Å². The molecule has 2 heteroatoms. The Morgan fingerprint density at radius 2 is 2.50 bits per heavy atom. The molecule has 0 spiro atoms. The zero-order chi connectivity index (χ0) is 4.41. The molecule has 6 heavy (non-hydrogen) atoms. The predicted molar refractivity (Wildman–Crippen MR) is 26.9 cm³/mol. The zero-order valence-corrected chi connectivity index (χ0v) is 3.64. The van der Waals surface area contributed by atoms with E-state index in [4.69, 9.17) is 4.42 Å². The first kappa shape index (κ1) is 3.53. The zero-order valence-electron chi connectivity index (χ0n) is 3.64. The molecule has 1 heterocycles. The largest absolute Gasteiger partial charge is 0.473 e. The minimum absolute atomic E-state index is 1.18. The van der Waals surface area contributed by atoms with Gasteiger partial charge in [-0.05, 0) is 6.07 Å². The van der Waals surface area contributed by atoms with Crippen LogP contribution in [0, 0.1) is 0 Å². The standard InChI is InChI=1S/C4H5BO/c5-4-1-2-6-3-4/h1-3H,5H2. The maximum Gasteiger partial charge on any atom is 0.143 e. The molecule has 0 N–H and O–H groups in total. The van der Waals surface area contributed by atoms with Crippen LogP contribution in [0.3, 0.4) is 0 Å². The SMILES string of the molecule is Bc1ccoc1. The van der Waals surface area contributed by atoms with Crippen LogP contribution in [0.2, 0.25) is 0 Å². The molecule has 1 aromatic rings. The summed E-state index contributed by atoms with van der Waals surface area (Å²) < 4.78 is 4.71. The molecule has 1 rings (SSSR count). The maximum atomic E-state index is 4.71. The Kier molecular flexibility index (Phi) is 0.711. The Morgan fingerprint density at radius 1 is 1.67 bits per heavy atom.